The zero-order chi connectivity index (χ0) is 21.0. The van der Waals surface area contributed by atoms with E-state index in [0.29, 0.717) is 55.6 Å². The van der Waals surface area contributed by atoms with E-state index in [0.717, 1.165) is 16.9 Å². The quantitative estimate of drug-likeness (QED) is 0.532. The number of anilines is 2. The maximum absolute atomic E-state index is 6.11. The smallest absolute Gasteiger partial charge is 0.224 e. The van der Waals surface area contributed by atoms with Crippen LogP contribution in [0.5, 0.6) is 5.75 Å². The largest absolute Gasteiger partial charge is 0.488 e. The molecule has 0 atom stereocenters. The molecule has 2 aromatic carbocycles. The molecule has 156 valence electrons. The van der Waals surface area contributed by atoms with Crippen molar-refractivity contribution < 1.29 is 9.47 Å². The number of nitrogens with two attached hydrogens (primary N) is 1. The van der Waals surface area contributed by atoms with Gasteiger partial charge in [-0.1, -0.05) is 42.5 Å². The van der Waals surface area contributed by atoms with E-state index < -0.39 is 0 Å². The molecule has 0 aliphatic carbocycles. The highest BCUT2D eigenvalue weighted by Gasteiger charge is 2.20. The fraction of sp³-hybridized carbons (Fsp3) is 0.217. The lowest BCUT2D eigenvalue weighted by Gasteiger charge is -2.28. The fourth-order valence-corrected chi connectivity index (χ4v) is 3.57. The number of fused-ring (bicyclic) bond motifs is 1. The number of nitrogen functional groups attached to an aromatic ring is 1. The van der Waals surface area contributed by atoms with Gasteiger partial charge in [-0.05, 0) is 17.7 Å². The molecule has 2 N–H and O–H groups in total. The average molecular weight is 414 g/mol. The molecule has 0 bridgehead atoms. The highest BCUT2D eigenvalue weighted by Crippen LogP contribution is 2.31. The minimum absolute atomic E-state index is 0.183. The Bertz CT molecular complexity index is 1200. The minimum atomic E-state index is 0.183. The first-order valence-electron chi connectivity index (χ1n) is 10.2. The third-order valence-electron chi connectivity index (χ3n) is 5.12. The van der Waals surface area contributed by atoms with E-state index in [1.54, 1.807) is 6.20 Å². The Labute approximate surface area is 179 Å². The van der Waals surface area contributed by atoms with E-state index in [2.05, 4.69) is 19.9 Å². The maximum Gasteiger partial charge on any atom is 0.224 e. The predicted octanol–water partition coefficient (Wildman–Crippen LogP) is 3.08. The SMILES string of the molecule is Nc1nc(N2CCOCC2)c2nc(-c3ccccc3OCc3ccccc3)cnc2n1. The summed E-state index contributed by atoms with van der Waals surface area (Å²) in [6.07, 6.45) is 1.70. The standard InChI is InChI=1S/C23H22N6O2/c24-23-27-21-20(22(28-23)29-10-12-30-13-11-29)26-18(14-25-21)17-8-4-5-9-19(17)31-15-16-6-2-1-3-7-16/h1-9,14H,10-13,15H2,(H2,24,25,27,28). The van der Waals surface area contributed by atoms with Gasteiger partial charge in [0.15, 0.2) is 17.0 Å². The fourth-order valence-electron chi connectivity index (χ4n) is 3.57. The van der Waals surface area contributed by atoms with Crippen molar-refractivity contribution >= 4 is 22.9 Å². The molecule has 1 saturated heterocycles. The highest BCUT2D eigenvalue weighted by atomic mass is 16.5. The molecule has 1 aliphatic heterocycles. The van der Waals surface area contributed by atoms with Crippen molar-refractivity contribution in [2.75, 3.05) is 36.9 Å². The Hall–Kier alpha value is -3.78. The number of hydrogen-bond donors (Lipinski definition) is 1. The van der Waals surface area contributed by atoms with Crippen LogP contribution >= 0.6 is 0 Å². The molecular weight excluding hydrogens is 392 g/mol. The second-order valence-electron chi connectivity index (χ2n) is 7.20. The molecule has 0 spiro atoms. The number of hydrogen-bond acceptors (Lipinski definition) is 8. The van der Waals surface area contributed by atoms with Crippen molar-refractivity contribution in [2.24, 2.45) is 0 Å². The molecule has 0 unspecified atom stereocenters. The molecule has 3 heterocycles. The summed E-state index contributed by atoms with van der Waals surface area (Å²) in [5.74, 6) is 1.61. The Balaban J connectivity index is 1.53. The highest BCUT2D eigenvalue weighted by molar-refractivity contribution is 5.86. The van der Waals surface area contributed by atoms with E-state index in [1.165, 1.54) is 0 Å². The molecule has 4 aromatic rings. The second kappa shape index (κ2) is 8.53. The van der Waals surface area contributed by atoms with E-state index in [9.17, 15) is 0 Å². The van der Waals surface area contributed by atoms with Crippen molar-refractivity contribution in [1.29, 1.82) is 0 Å². The van der Waals surface area contributed by atoms with Gasteiger partial charge in [0.05, 0.1) is 25.1 Å². The summed E-state index contributed by atoms with van der Waals surface area (Å²) >= 11 is 0. The van der Waals surface area contributed by atoms with Crippen molar-refractivity contribution in [3.05, 3.63) is 66.4 Å². The van der Waals surface area contributed by atoms with Gasteiger partial charge in [-0.2, -0.15) is 9.97 Å². The number of para-hydroxylation sites is 1. The van der Waals surface area contributed by atoms with Gasteiger partial charge in [0, 0.05) is 18.7 Å². The molecule has 1 aliphatic rings. The van der Waals surface area contributed by atoms with Crippen LogP contribution in [0.4, 0.5) is 11.8 Å². The lowest BCUT2D eigenvalue weighted by atomic mass is 10.1. The topological polar surface area (TPSA) is 99.3 Å². The zero-order valence-corrected chi connectivity index (χ0v) is 16.9. The summed E-state index contributed by atoms with van der Waals surface area (Å²) in [5.41, 5.74) is 9.67. The Morgan fingerprint density at radius 3 is 2.55 bits per heavy atom. The average Bonchev–Trinajstić information content (AvgIpc) is 2.83. The summed E-state index contributed by atoms with van der Waals surface area (Å²) in [7, 11) is 0. The molecule has 2 aromatic heterocycles. The van der Waals surface area contributed by atoms with Crippen molar-refractivity contribution in [3.63, 3.8) is 0 Å². The van der Waals surface area contributed by atoms with Crippen LogP contribution in [0, 0.1) is 0 Å². The maximum atomic E-state index is 6.11. The predicted molar refractivity (Wildman–Crippen MR) is 119 cm³/mol. The Kier molecular flexibility index (Phi) is 5.28. The Morgan fingerprint density at radius 1 is 0.935 bits per heavy atom. The van der Waals surface area contributed by atoms with Crippen molar-refractivity contribution in [1.82, 2.24) is 19.9 Å². The molecule has 31 heavy (non-hydrogen) atoms. The van der Waals surface area contributed by atoms with Crippen LogP contribution < -0.4 is 15.4 Å². The van der Waals surface area contributed by atoms with Crippen molar-refractivity contribution in [3.8, 4) is 17.0 Å². The summed E-state index contributed by atoms with van der Waals surface area (Å²) in [4.78, 5) is 20.2. The third-order valence-corrected chi connectivity index (χ3v) is 5.12. The van der Waals surface area contributed by atoms with Crippen LogP contribution in [0.25, 0.3) is 22.4 Å². The molecule has 1 fully saturated rings. The van der Waals surface area contributed by atoms with Gasteiger partial charge < -0.3 is 20.1 Å². The normalized spacial score (nSPS) is 14.0. The third kappa shape index (κ3) is 4.10. The van der Waals surface area contributed by atoms with Gasteiger partial charge in [-0.15, -0.1) is 0 Å². The van der Waals surface area contributed by atoms with Crippen molar-refractivity contribution in [2.45, 2.75) is 6.61 Å². The van der Waals surface area contributed by atoms with Gasteiger partial charge in [0.1, 0.15) is 12.4 Å². The summed E-state index contributed by atoms with van der Waals surface area (Å²) in [6, 6.07) is 17.9. The molecule has 8 heteroatoms. The summed E-state index contributed by atoms with van der Waals surface area (Å²) < 4.78 is 11.6. The molecule has 5 rings (SSSR count). The summed E-state index contributed by atoms with van der Waals surface area (Å²) in [5, 5.41) is 0. The van der Waals surface area contributed by atoms with Gasteiger partial charge in [-0.25, -0.2) is 9.97 Å². The number of ether oxygens (including phenoxy) is 2. The van der Waals surface area contributed by atoms with Crippen LogP contribution in [-0.2, 0) is 11.3 Å². The number of nitrogens with zero attached hydrogens (tertiary/aromatic N) is 5. The number of aromatic nitrogens is 4. The summed E-state index contributed by atoms with van der Waals surface area (Å²) in [6.45, 7) is 3.17. The van der Waals surface area contributed by atoms with Gasteiger partial charge in [0.2, 0.25) is 5.95 Å². The van der Waals surface area contributed by atoms with E-state index in [4.69, 9.17) is 20.2 Å². The minimum Gasteiger partial charge on any atom is -0.488 e. The van der Waals surface area contributed by atoms with E-state index in [1.807, 2.05) is 54.6 Å². The zero-order valence-electron chi connectivity index (χ0n) is 16.9. The van der Waals surface area contributed by atoms with Crippen LogP contribution in [0.1, 0.15) is 5.56 Å². The second-order valence-corrected chi connectivity index (χ2v) is 7.20. The lowest BCUT2D eigenvalue weighted by molar-refractivity contribution is 0.122. The molecule has 8 nitrogen and oxygen atoms in total. The first kappa shape index (κ1) is 19.2. The van der Waals surface area contributed by atoms with Crippen LogP contribution in [0.3, 0.4) is 0 Å². The Morgan fingerprint density at radius 2 is 1.71 bits per heavy atom. The number of morpholine rings is 1. The molecular formula is C23H22N6O2. The van der Waals surface area contributed by atoms with Crippen LogP contribution in [0.2, 0.25) is 0 Å². The van der Waals surface area contributed by atoms with Gasteiger partial charge in [0.25, 0.3) is 0 Å². The molecule has 0 radical (unpaired) electrons. The van der Waals surface area contributed by atoms with Crippen LogP contribution in [0.15, 0.2) is 60.8 Å². The monoisotopic (exact) mass is 414 g/mol. The number of rotatable bonds is 5. The van der Waals surface area contributed by atoms with Gasteiger partial charge >= 0.3 is 0 Å². The molecule has 0 amide bonds. The van der Waals surface area contributed by atoms with Crippen LogP contribution in [-0.4, -0.2) is 46.2 Å². The first-order valence-corrected chi connectivity index (χ1v) is 10.2. The van der Waals surface area contributed by atoms with Gasteiger partial charge in [-0.3, -0.25) is 0 Å². The molecule has 0 saturated carbocycles. The number of benzene rings is 2. The first-order chi connectivity index (χ1) is 15.3. The van der Waals surface area contributed by atoms with E-state index >= 15 is 0 Å². The lowest BCUT2D eigenvalue weighted by Crippen LogP contribution is -2.37. The van der Waals surface area contributed by atoms with E-state index in [-0.39, 0.29) is 5.95 Å².